The highest BCUT2D eigenvalue weighted by molar-refractivity contribution is 9.10. The maximum Gasteiger partial charge on any atom is 0.134 e. The number of halogens is 2. The van der Waals surface area contributed by atoms with Crippen LogP contribution >= 0.6 is 15.9 Å². The first-order chi connectivity index (χ1) is 12.1. The van der Waals surface area contributed by atoms with Gasteiger partial charge in [0.1, 0.15) is 18.2 Å². The molecule has 0 amide bonds. The average molecular weight is 398 g/mol. The zero-order chi connectivity index (χ0) is 17.6. The van der Waals surface area contributed by atoms with Crippen molar-refractivity contribution in [2.24, 2.45) is 4.99 Å². The van der Waals surface area contributed by atoms with Crippen LogP contribution in [0.4, 0.5) is 10.1 Å². The van der Waals surface area contributed by atoms with E-state index in [0.717, 1.165) is 21.3 Å². The molecule has 0 N–H and O–H groups in total. The zero-order valence-corrected chi connectivity index (χ0v) is 15.3. The standard InChI is InChI=1S/C21H17BrFNO/c1-15-6-2-5-9-20(15)24-13-16-10-11-21(18(22)12-16)25-14-17-7-3-4-8-19(17)23/h2-13H,14H2,1H3. The Kier molecular flexibility index (Phi) is 5.61. The van der Waals surface area contributed by atoms with E-state index in [4.69, 9.17) is 4.74 Å². The van der Waals surface area contributed by atoms with Gasteiger partial charge in [0.05, 0.1) is 10.2 Å². The molecular formula is C21H17BrFNO. The van der Waals surface area contributed by atoms with Crippen LogP contribution in [0.2, 0.25) is 0 Å². The molecule has 3 aromatic carbocycles. The Balaban J connectivity index is 1.71. The molecule has 0 radical (unpaired) electrons. The maximum absolute atomic E-state index is 13.6. The molecule has 0 heterocycles. The van der Waals surface area contributed by atoms with E-state index in [1.165, 1.54) is 6.07 Å². The van der Waals surface area contributed by atoms with Gasteiger partial charge >= 0.3 is 0 Å². The van der Waals surface area contributed by atoms with Crippen molar-refractivity contribution in [3.63, 3.8) is 0 Å². The molecule has 25 heavy (non-hydrogen) atoms. The molecule has 0 bridgehead atoms. The molecule has 0 saturated heterocycles. The Morgan fingerprint density at radius 3 is 2.56 bits per heavy atom. The van der Waals surface area contributed by atoms with Crippen molar-refractivity contribution in [2.45, 2.75) is 13.5 Å². The van der Waals surface area contributed by atoms with E-state index in [-0.39, 0.29) is 12.4 Å². The van der Waals surface area contributed by atoms with Gasteiger partial charge in [-0.05, 0) is 64.3 Å². The highest BCUT2D eigenvalue weighted by atomic mass is 79.9. The summed E-state index contributed by atoms with van der Waals surface area (Å²) >= 11 is 3.50. The van der Waals surface area contributed by atoms with E-state index in [9.17, 15) is 4.39 Å². The Labute approximate surface area is 155 Å². The first-order valence-electron chi connectivity index (χ1n) is 7.89. The topological polar surface area (TPSA) is 21.6 Å². The Morgan fingerprint density at radius 2 is 1.80 bits per heavy atom. The van der Waals surface area contributed by atoms with E-state index in [1.54, 1.807) is 18.2 Å². The summed E-state index contributed by atoms with van der Waals surface area (Å²) < 4.78 is 20.2. The molecule has 4 heteroatoms. The number of hydrogen-bond acceptors (Lipinski definition) is 2. The quantitative estimate of drug-likeness (QED) is 0.467. The number of ether oxygens (including phenoxy) is 1. The summed E-state index contributed by atoms with van der Waals surface area (Å²) in [4.78, 5) is 4.52. The van der Waals surface area contributed by atoms with Gasteiger partial charge in [-0.15, -0.1) is 0 Å². The average Bonchev–Trinajstić information content (AvgIpc) is 2.61. The first-order valence-corrected chi connectivity index (χ1v) is 8.68. The molecule has 0 saturated carbocycles. The van der Waals surface area contributed by atoms with Gasteiger partial charge in [0, 0.05) is 11.8 Å². The Hall–Kier alpha value is -2.46. The van der Waals surface area contributed by atoms with E-state index in [0.29, 0.717) is 11.3 Å². The summed E-state index contributed by atoms with van der Waals surface area (Å²) in [5, 5.41) is 0. The fraction of sp³-hybridized carbons (Fsp3) is 0.0952. The third-order valence-electron chi connectivity index (χ3n) is 3.77. The molecule has 126 valence electrons. The highest BCUT2D eigenvalue weighted by Crippen LogP contribution is 2.27. The van der Waals surface area contributed by atoms with Gasteiger partial charge in [0.15, 0.2) is 0 Å². The number of para-hydroxylation sites is 1. The van der Waals surface area contributed by atoms with Crippen LogP contribution in [-0.2, 0) is 6.61 Å². The molecule has 0 aliphatic heterocycles. The van der Waals surface area contributed by atoms with Crippen molar-refractivity contribution >= 4 is 27.8 Å². The van der Waals surface area contributed by atoms with Gasteiger partial charge in [-0.25, -0.2) is 4.39 Å². The summed E-state index contributed by atoms with van der Waals surface area (Å²) in [6.07, 6.45) is 1.81. The molecule has 0 unspecified atom stereocenters. The second kappa shape index (κ2) is 8.08. The van der Waals surface area contributed by atoms with Crippen molar-refractivity contribution in [1.82, 2.24) is 0 Å². The molecule has 3 aromatic rings. The predicted molar refractivity (Wildman–Crippen MR) is 103 cm³/mol. The fourth-order valence-corrected chi connectivity index (χ4v) is 2.85. The fourth-order valence-electron chi connectivity index (χ4n) is 2.34. The second-order valence-corrected chi connectivity index (χ2v) is 6.47. The molecular weight excluding hydrogens is 381 g/mol. The van der Waals surface area contributed by atoms with Crippen molar-refractivity contribution in [3.05, 3.63) is 93.7 Å². The summed E-state index contributed by atoms with van der Waals surface area (Å²) in [5.74, 6) is 0.400. The SMILES string of the molecule is Cc1ccccc1N=Cc1ccc(OCc2ccccc2F)c(Br)c1. The van der Waals surface area contributed by atoms with E-state index < -0.39 is 0 Å². The molecule has 0 fully saturated rings. The number of rotatable bonds is 5. The lowest BCUT2D eigenvalue weighted by atomic mass is 10.2. The summed E-state index contributed by atoms with van der Waals surface area (Å²) in [5.41, 5.74) is 3.55. The van der Waals surface area contributed by atoms with E-state index in [2.05, 4.69) is 20.9 Å². The van der Waals surface area contributed by atoms with E-state index in [1.807, 2.05) is 55.6 Å². The van der Waals surface area contributed by atoms with Crippen molar-refractivity contribution in [2.75, 3.05) is 0 Å². The summed E-state index contributed by atoms with van der Waals surface area (Å²) in [6.45, 7) is 2.21. The van der Waals surface area contributed by atoms with Crippen LogP contribution in [0.25, 0.3) is 0 Å². The minimum absolute atomic E-state index is 0.182. The van der Waals surface area contributed by atoms with Gasteiger partial charge in [0.25, 0.3) is 0 Å². The molecule has 0 aliphatic rings. The number of nitrogens with zero attached hydrogens (tertiary/aromatic N) is 1. The lowest BCUT2D eigenvalue weighted by Gasteiger charge is -2.09. The first kappa shape index (κ1) is 17.4. The van der Waals surface area contributed by atoms with Crippen LogP contribution in [0.5, 0.6) is 5.75 Å². The predicted octanol–water partition coefficient (Wildman–Crippen LogP) is 6.23. The molecule has 2 nitrogen and oxygen atoms in total. The molecule has 0 aromatic heterocycles. The number of hydrogen-bond donors (Lipinski definition) is 0. The molecule has 0 spiro atoms. The van der Waals surface area contributed by atoms with Crippen LogP contribution in [-0.4, -0.2) is 6.21 Å². The van der Waals surface area contributed by atoms with Crippen LogP contribution in [0.3, 0.4) is 0 Å². The van der Waals surface area contributed by atoms with Crippen LogP contribution in [0.15, 0.2) is 76.2 Å². The van der Waals surface area contributed by atoms with Gasteiger partial charge in [-0.1, -0.05) is 36.4 Å². The number of benzene rings is 3. The van der Waals surface area contributed by atoms with Gasteiger partial charge < -0.3 is 4.74 Å². The van der Waals surface area contributed by atoms with Crippen LogP contribution in [0, 0.1) is 12.7 Å². The minimum atomic E-state index is -0.263. The third-order valence-corrected chi connectivity index (χ3v) is 4.38. The van der Waals surface area contributed by atoms with Gasteiger partial charge in [-0.2, -0.15) is 0 Å². The highest BCUT2D eigenvalue weighted by Gasteiger charge is 2.05. The largest absolute Gasteiger partial charge is 0.488 e. The number of aliphatic imine (C=N–C) groups is 1. The lowest BCUT2D eigenvalue weighted by Crippen LogP contribution is -1.99. The van der Waals surface area contributed by atoms with Gasteiger partial charge in [-0.3, -0.25) is 4.99 Å². The van der Waals surface area contributed by atoms with Crippen molar-refractivity contribution < 1.29 is 9.13 Å². The van der Waals surface area contributed by atoms with Crippen molar-refractivity contribution in [3.8, 4) is 5.75 Å². The maximum atomic E-state index is 13.6. The summed E-state index contributed by atoms with van der Waals surface area (Å²) in [7, 11) is 0. The van der Waals surface area contributed by atoms with Crippen molar-refractivity contribution in [1.29, 1.82) is 0 Å². The smallest absolute Gasteiger partial charge is 0.134 e. The van der Waals surface area contributed by atoms with E-state index >= 15 is 0 Å². The number of aryl methyl sites for hydroxylation is 1. The normalized spacial score (nSPS) is 11.0. The Bertz CT molecular complexity index is 908. The second-order valence-electron chi connectivity index (χ2n) is 5.61. The molecule has 3 rings (SSSR count). The monoisotopic (exact) mass is 397 g/mol. The van der Waals surface area contributed by atoms with Crippen LogP contribution in [0.1, 0.15) is 16.7 Å². The zero-order valence-electron chi connectivity index (χ0n) is 13.7. The third kappa shape index (κ3) is 4.54. The summed E-state index contributed by atoms with van der Waals surface area (Å²) in [6, 6.07) is 20.3. The Morgan fingerprint density at radius 1 is 1.04 bits per heavy atom. The lowest BCUT2D eigenvalue weighted by molar-refractivity contribution is 0.298. The van der Waals surface area contributed by atoms with Gasteiger partial charge in [0.2, 0.25) is 0 Å². The minimum Gasteiger partial charge on any atom is -0.488 e. The molecule has 0 atom stereocenters. The molecule has 0 aliphatic carbocycles. The van der Waals surface area contributed by atoms with Crippen LogP contribution < -0.4 is 4.74 Å².